The maximum atomic E-state index is 5.70. The number of hydrogen-bond donors (Lipinski definition) is 1. The first-order chi connectivity index (χ1) is 10.1. The van der Waals surface area contributed by atoms with Crippen molar-refractivity contribution in [1.29, 1.82) is 0 Å². The predicted molar refractivity (Wildman–Crippen MR) is 79.0 cm³/mol. The molecule has 0 bridgehead atoms. The Labute approximate surface area is 123 Å². The number of nitrogens with zero attached hydrogens (tertiary/aromatic N) is 4. The second kappa shape index (κ2) is 6.83. The van der Waals surface area contributed by atoms with Crippen molar-refractivity contribution < 1.29 is 9.47 Å². The highest BCUT2D eigenvalue weighted by atomic mass is 16.5. The van der Waals surface area contributed by atoms with Crippen LogP contribution < -0.4 is 15.2 Å². The summed E-state index contributed by atoms with van der Waals surface area (Å²) < 4.78 is 11.0. The van der Waals surface area contributed by atoms with Gasteiger partial charge in [0.25, 0.3) is 0 Å². The highest BCUT2D eigenvalue weighted by Gasteiger charge is 2.10. The lowest BCUT2D eigenvalue weighted by Crippen LogP contribution is -2.11. The van der Waals surface area contributed by atoms with E-state index in [1.807, 2.05) is 26.8 Å². The molecule has 0 atom stereocenters. The molecule has 2 N–H and O–H groups in total. The average molecular weight is 289 g/mol. The molecular formula is C14H19N5O2. The van der Waals surface area contributed by atoms with Crippen molar-refractivity contribution in [2.75, 3.05) is 12.3 Å². The molecule has 0 aliphatic carbocycles. The van der Waals surface area contributed by atoms with E-state index >= 15 is 0 Å². The Kier molecular flexibility index (Phi) is 4.86. The van der Waals surface area contributed by atoms with Crippen molar-refractivity contribution in [3.05, 3.63) is 18.5 Å². The molecule has 21 heavy (non-hydrogen) atoms. The average Bonchev–Trinajstić information content (AvgIpc) is 2.44. The van der Waals surface area contributed by atoms with E-state index in [4.69, 9.17) is 15.2 Å². The lowest BCUT2D eigenvalue weighted by atomic mass is 10.2. The lowest BCUT2D eigenvalue weighted by Gasteiger charge is -2.09. The highest BCUT2D eigenvalue weighted by molar-refractivity contribution is 5.56. The molecule has 0 aliphatic rings. The third-order valence-electron chi connectivity index (χ3n) is 2.42. The van der Waals surface area contributed by atoms with Gasteiger partial charge in [0.15, 0.2) is 5.82 Å². The zero-order valence-corrected chi connectivity index (χ0v) is 12.4. The molecule has 2 rings (SSSR count). The molecule has 0 aromatic carbocycles. The lowest BCUT2D eigenvalue weighted by molar-refractivity contribution is 0.222. The predicted octanol–water partition coefficient (Wildman–Crippen LogP) is 2.09. The summed E-state index contributed by atoms with van der Waals surface area (Å²) >= 11 is 0. The first-order valence-corrected chi connectivity index (χ1v) is 6.85. The van der Waals surface area contributed by atoms with Gasteiger partial charge in [-0.25, -0.2) is 0 Å². The molecule has 0 aliphatic heterocycles. The van der Waals surface area contributed by atoms with Crippen LogP contribution in [0.2, 0.25) is 0 Å². The number of nitrogen functional groups attached to an aromatic ring is 1. The fourth-order valence-corrected chi connectivity index (χ4v) is 1.60. The van der Waals surface area contributed by atoms with Gasteiger partial charge in [0.05, 0.1) is 18.9 Å². The van der Waals surface area contributed by atoms with Gasteiger partial charge in [-0.1, -0.05) is 6.92 Å². The van der Waals surface area contributed by atoms with E-state index in [9.17, 15) is 0 Å². The normalized spacial score (nSPS) is 10.7. The fraction of sp³-hybridized carbons (Fsp3) is 0.429. The van der Waals surface area contributed by atoms with Crippen molar-refractivity contribution >= 4 is 5.95 Å². The fourth-order valence-electron chi connectivity index (χ4n) is 1.60. The second-order valence-corrected chi connectivity index (χ2v) is 4.72. The zero-order chi connectivity index (χ0) is 15.2. The van der Waals surface area contributed by atoms with Crippen LogP contribution in [-0.2, 0) is 0 Å². The van der Waals surface area contributed by atoms with Crippen molar-refractivity contribution in [2.45, 2.75) is 33.3 Å². The van der Waals surface area contributed by atoms with Gasteiger partial charge < -0.3 is 15.2 Å². The Bertz CT molecular complexity index is 604. The van der Waals surface area contributed by atoms with E-state index in [0.717, 1.165) is 6.42 Å². The van der Waals surface area contributed by atoms with Gasteiger partial charge in [-0.3, -0.25) is 4.98 Å². The van der Waals surface area contributed by atoms with Crippen LogP contribution in [0.1, 0.15) is 27.2 Å². The molecule has 0 spiro atoms. The molecule has 112 valence electrons. The van der Waals surface area contributed by atoms with E-state index < -0.39 is 0 Å². The Hall–Kier alpha value is -2.44. The Morgan fingerprint density at radius 2 is 2.00 bits per heavy atom. The van der Waals surface area contributed by atoms with Crippen molar-refractivity contribution in [3.63, 3.8) is 0 Å². The van der Waals surface area contributed by atoms with Crippen molar-refractivity contribution in [2.24, 2.45) is 0 Å². The van der Waals surface area contributed by atoms with E-state index in [2.05, 4.69) is 19.9 Å². The number of aromatic nitrogens is 4. The summed E-state index contributed by atoms with van der Waals surface area (Å²) in [5.74, 6) is 1.18. The molecular weight excluding hydrogens is 270 g/mol. The first-order valence-electron chi connectivity index (χ1n) is 6.85. The minimum atomic E-state index is -0.0444. The molecule has 0 unspecified atom stereocenters. The van der Waals surface area contributed by atoms with Gasteiger partial charge in [-0.15, -0.1) is 0 Å². The van der Waals surface area contributed by atoms with Gasteiger partial charge in [0.1, 0.15) is 5.75 Å². The minimum absolute atomic E-state index is 0.0444. The van der Waals surface area contributed by atoms with Gasteiger partial charge in [-0.2, -0.15) is 15.0 Å². The molecule has 7 nitrogen and oxygen atoms in total. The summed E-state index contributed by atoms with van der Waals surface area (Å²) in [6, 6.07) is 2.02. The number of anilines is 1. The maximum Gasteiger partial charge on any atom is 0.322 e. The van der Waals surface area contributed by atoms with Crippen LogP contribution in [0.5, 0.6) is 11.8 Å². The number of rotatable bonds is 6. The van der Waals surface area contributed by atoms with Crippen LogP contribution in [-0.4, -0.2) is 32.6 Å². The van der Waals surface area contributed by atoms with E-state index in [0.29, 0.717) is 23.7 Å². The Balaban J connectivity index is 2.30. The standard InChI is InChI=1S/C14H19N5O2/c1-4-5-20-11-6-10(7-16-8-11)12-17-13(15)19-14(18-12)21-9(2)3/h6-9H,4-5H2,1-3H3,(H2,15,17,18,19). The van der Waals surface area contributed by atoms with Gasteiger partial charge in [0.2, 0.25) is 5.95 Å². The molecule has 2 heterocycles. The summed E-state index contributed by atoms with van der Waals surface area (Å²) in [4.78, 5) is 16.4. The van der Waals surface area contributed by atoms with Gasteiger partial charge >= 0.3 is 6.01 Å². The number of pyridine rings is 1. The molecule has 0 amide bonds. The smallest absolute Gasteiger partial charge is 0.322 e. The quantitative estimate of drug-likeness (QED) is 0.869. The SMILES string of the molecule is CCCOc1cncc(-c2nc(N)nc(OC(C)C)n2)c1. The molecule has 0 saturated heterocycles. The summed E-state index contributed by atoms with van der Waals surface area (Å²) in [6.07, 6.45) is 4.18. The summed E-state index contributed by atoms with van der Waals surface area (Å²) in [7, 11) is 0. The number of hydrogen-bond acceptors (Lipinski definition) is 7. The zero-order valence-electron chi connectivity index (χ0n) is 12.4. The van der Waals surface area contributed by atoms with Crippen molar-refractivity contribution in [3.8, 4) is 23.1 Å². The van der Waals surface area contributed by atoms with E-state index in [1.54, 1.807) is 12.4 Å². The van der Waals surface area contributed by atoms with Crippen LogP contribution in [0.25, 0.3) is 11.4 Å². The van der Waals surface area contributed by atoms with Crippen LogP contribution in [0.4, 0.5) is 5.95 Å². The van der Waals surface area contributed by atoms with Gasteiger partial charge in [0, 0.05) is 11.8 Å². The number of nitrogens with two attached hydrogens (primary N) is 1. The third kappa shape index (κ3) is 4.27. The maximum absolute atomic E-state index is 5.70. The summed E-state index contributed by atoms with van der Waals surface area (Å²) in [5.41, 5.74) is 6.40. The van der Waals surface area contributed by atoms with Crippen molar-refractivity contribution in [1.82, 2.24) is 19.9 Å². The molecule has 2 aromatic rings. The molecule has 2 aromatic heterocycles. The largest absolute Gasteiger partial charge is 0.492 e. The molecule has 0 radical (unpaired) electrons. The van der Waals surface area contributed by atoms with E-state index in [-0.39, 0.29) is 18.1 Å². The summed E-state index contributed by atoms with van der Waals surface area (Å²) in [5, 5.41) is 0. The minimum Gasteiger partial charge on any atom is -0.492 e. The molecule has 0 fully saturated rings. The third-order valence-corrected chi connectivity index (χ3v) is 2.42. The molecule has 7 heteroatoms. The van der Waals surface area contributed by atoms with E-state index in [1.165, 1.54) is 0 Å². The summed E-state index contributed by atoms with van der Waals surface area (Å²) in [6.45, 7) is 6.45. The van der Waals surface area contributed by atoms with Crippen LogP contribution in [0.3, 0.4) is 0 Å². The second-order valence-electron chi connectivity index (χ2n) is 4.72. The van der Waals surface area contributed by atoms with Crippen LogP contribution in [0.15, 0.2) is 18.5 Å². The monoisotopic (exact) mass is 289 g/mol. The highest BCUT2D eigenvalue weighted by Crippen LogP contribution is 2.21. The van der Waals surface area contributed by atoms with Crippen LogP contribution in [0, 0.1) is 0 Å². The number of ether oxygens (including phenoxy) is 2. The first kappa shape index (κ1) is 15.0. The van der Waals surface area contributed by atoms with Gasteiger partial charge in [-0.05, 0) is 26.3 Å². The Morgan fingerprint density at radius 3 is 2.71 bits per heavy atom. The van der Waals surface area contributed by atoms with Crippen LogP contribution >= 0.6 is 0 Å². The Morgan fingerprint density at radius 1 is 1.19 bits per heavy atom. The molecule has 0 saturated carbocycles. The topological polar surface area (TPSA) is 96.0 Å².